The van der Waals surface area contributed by atoms with Crippen molar-refractivity contribution in [3.05, 3.63) is 53.6 Å². The Bertz CT molecular complexity index is 738. The summed E-state index contributed by atoms with van der Waals surface area (Å²) in [6, 6.07) is 15.7. The van der Waals surface area contributed by atoms with Crippen molar-refractivity contribution in [3.8, 4) is 10.4 Å². The monoisotopic (exact) mass is 284 g/mol. The van der Waals surface area contributed by atoms with E-state index in [0.29, 0.717) is 0 Å². The lowest BCUT2D eigenvalue weighted by Gasteiger charge is -2.06. The van der Waals surface area contributed by atoms with Crippen LogP contribution in [0.15, 0.2) is 47.4 Å². The topological polar surface area (TPSA) is 0 Å². The van der Waals surface area contributed by atoms with E-state index >= 15 is 0 Å². The number of thioether (sulfide) groups is 1. The molecule has 0 aliphatic heterocycles. The lowest BCUT2D eigenvalue weighted by molar-refractivity contribution is 1.37. The largest absolute Gasteiger partial charge is 0.135 e. The van der Waals surface area contributed by atoms with Crippen LogP contribution in [0.4, 0.5) is 0 Å². The first-order valence-electron chi connectivity index (χ1n) is 6.32. The molecule has 0 spiro atoms. The van der Waals surface area contributed by atoms with Gasteiger partial charge in [0, 0.05) is 20.0 Å². The minimum Gasteiger partial charge on any atom is -0.135 e. The summed E-state index contributed by atoms with van der Waals surface area (Å²) in [7, 11) is 0. The molecule has 0 fully saturated rings. The zero-order valence-corrected chi connectivity index (χ0v) is 13.0. The maximum atomic E-state index is 2.31. The highest BCUT2D eigenvalue weighted by Gasteiger charge is 2.08. The Kier molecular flexibility index (Phi) is 3.38. The Balaban J connectivity index is 2.18. The fourth-order valence-electron chi connectivity index (χ4n) is 2.27. The normalized spacial score (nSPS) is 11.1. The van der Waals surface area contributed by atoms with Gasteiger partial charge in [-0.1, -0.05) is 24.3 Å². The summed E-state index contributed by atoms with van der Waals surface area (Å²) in [5.74, 6) is 0. The Labute approximate surface area is 122 Å². The number of rotatable bonds is 2. The van der Waals surface area contributed by atoms with Crippen LogP contribution >= 0.6 is 23.1 Å². The summed E-state index contributed by atoms with van der Waals surface area (Å²) in [6.45, 7) is 4.30. The second kappa shape index (κ2) is 5.03. The molecule has 3 aromatic rings. The van der Waals surface area contributed by atoms with Crippen LogP contribution in [-0.2, 0) is 0 Å². The van der Waals surface area contributed by atoms with Crippen molar-refractivity contribution in [2.45, 2.75) is 18.7 Å². The second-order valence-corrected chi connectivity index (χ2v) is 6.79. The van der Waals surface area contributed by atoms with Gasteiger partial charge in [-0.05, 0) is 54.8 Å². The van der Waals surface area contributed by atoms with E-state index in [1.54, 1.807) is 0 Å². The van der Waals surface area contributed by atoms with Gasteiger partial charge in [0.15, 0.2) is 0 Å². The average molecular weight is 284 g/mol. The van der Waals surface area contributed by atoms with Crippen LogP contribution < -0.4 is 0 Å². The number of thiophene rings is 1. The zero-order valence-electron chi connectivity index (χ0n) is 11.4. The minimum absolute atomic E-state index is 1.32. The first kappa shape index (κ1) is 12.8. The standard InChI is InChI=1S/C17H16S2/c1-11-4-6-13-10-17(19-15(13)8-11)14-7-5-12(2)9-16(14)18-3/h4-10H,1-3H3. The molecule has 0 unspecified atom stereocenters. The molecule has 19 heavy (non-hydrogen) atoms. The highest BCUT2D eigenvalue weighted by Crippen LogP contribution is 2.38. The van der Waals surface area contributed by atoms with Crippen LogP contribution in [-0.4, -0.2) is 6.26 Å². The third kappa shape index (κ3) is 2.43. The molecular weight excluding hydrogens is 268 g/mol. The summed E-state index contributed by atoms with van der Waals surface area (Å²) in [5, 5.41) is 1.35. The van der Waals surface area contributed by atoms with Crippen LogP contribution in [0.5, 0.6) is 0 Å². The molecule has 0 N–H and O–H groups in total. The highest BCUT2D eigenvalue weighted by molar-refractivity contribution is 7.98. The molecule has 0 nitrogen and oxygen atoms in total. The molecule has 1 aromatic heterocycles. The maximum absolute atomic E-state index is 2.31. The van der Waals surface area contributed by atoms with Crippen molar-refractivity contribution >= 4 is 33.2 Å². The third-order valence-electron chi connectivity index (χ3n) is 3.30. The predicted molar refractivity (Wildman–Crippen MR) is 88.5 cm³/mol. The molecule has 0 atom stereocenters. The van der Waals surface area contributed by atoms with E-state index in [0.717, 1.165) is 0 Å². The van der Waals surface area contributed by atoms with Gasteiger partial charge >= 0.3 is 0 Å². The SMILES string of the molecule is CSc1cc(C)ccc1-c1cc2ccc(C)cc2s1. The van der Waals surface area contributed by atoms with Crippen molar-refractivity contribution in [3.63, 3.8) is 0 Å². The summed E-state index contributed by atoms with van der Waals surface area (Å²) < 4.78 is 1.38. The highest BCUT2D eigenvalue weighted by atomic mass is 32.2. The van der Waals surface area contributed by atoms with Crippen molar-refractivity contribution in [2.24, 2.45) is 0 Å². The number of aryl methyl sites for hydroxylation is 2. The number of benzene rings is 2. The fraction of sp³-hybridized carbons (Fsp3) is 0.176. The molecule has 0 saturated heterocycles. The van der Waals surface area contributed by atoms with Crippen LogP contribution in [0.25, 0.3) is 20.5 Å². The summed E-state index contributed by atoms with van der Waals surface area (Å²) in [6.07, 6.45) is 2.15. The molecule has 0 saturated carbocycles. The first-order chi connectivity index (χ1) is 9.17. The minimum atomic E-state index is 1.32. The molecule has 0 aliphatic rings. The number of fused-ring (bicyclic) bond motifs is 1. The Hall–Kier alpha value is -1.25. The van der Waals surface area contributed by atoms with E-state index in [-0.39, 0.29) is 0 Å². The molecule has 0 aliphatic carbocycles. The van der Waals surface area contributed by atoms with Gasteiger partial charge in [0.2, 0.25) is 0 Å². The van der Waals surface area contributed by atoms with Crippen molar-refractivity contribution in [1.29, 1.82) is 0 Å². The van der Waals surface area contributed by atoms with E-state index in [1.807, 2.05) is 23.1 Å². The van der Waals surface area contributed by atoms with Gasteiger partial charge in [0.25, 0.3) is 0 Å². The molecule has 0 radical (unpaired) electrons. The Morgan fingerprint density at radius 1 is 0.895 bits per heavy atom. The van der Waals surface area contributed by atoms with Crippen molar-refractivity contribution in [2.75, 3.05) is 6.26 Å². The van der Waals surface area contributed by atoms with Gasteiger partial charge in [-0.15, -0.1) is 23.1 Å². The van der Waals surface area contributed by atoms with Gasteiger partial charge in [-0.3, -0.25) is 0 Å². The number of hydrogen-bond acceptors (Lipinski definition) is 2. The second-order valence-electron chi connectivity index (χ2n) is 4.86. The first-order valence-corrected chi connectivity index (χ1v) is 8.37. The van der Waals surface area contributed by atoms with Gasteiger partial charge in [0.1, 0.15) is 0 Å². The average Bonchev–Trinajstić information content (AvgIpc) is 2.81. The Morgan fingerprint density at radius 3 is 2.42 bits per heavy atom. The third-order valence-corrected chi connectivity index (χ3v) is 5.21. The molecular formula is C17H16S2. The van der Waals surface area contributed by atoms with Crippen molar-refractivity contribution in [1.82, 2.24) is 0 Å². The van der Waals surface area contributed by atoms with E-state index in [1.165, 1.54) is 36.5 Å². The zero-order chi connectivity index (χ0) is 13.4. The van der Waals surface area contributed by atoms with Crippen LogP contribution in [0.2, 0.25) is 0 Å². The predicted octanol–water partition coefficient (Wildman–Crippen LogP) is 5.91. The molecule has 0 amide bonds. The molecule has 2 aromatic carbocycles. The molecule has 0 bridgehead atoms. The maximum Gasteiger partial charge on any atom is 0.0366 e. The molecule has 2 heteroatoms. The summed E-state index contributed by atoms with van der Waals surface area (Å²) in [4.78, 5) is 2.73. The lowest BCUT2D eigenvalue weighted by atomic mass is 10.1. The molecule has 96 valence electrons. The molecule has 1 heterocycles. The van der Waals surface area contributed by atoms with Gasteiger partial charge in [0.05, 0.1) is 0 Å². The van der Waals surface area contributed by atoms with E-state index in [4.69, 9.17) is 0 Å². The van der Waals surface area contributed by atoms with Crippen molar-refractivity contribution < 1.29 is 0 Å². The van der Waals surface area contributed by atoms with Crippen LogP contribution in [0, 0.1) is 13.8 Å². The van der Waals surface area contributed by atoms with Crippen LogP contribution in [0.3, 0.4) is 0 Å². The van der Waals surface area contributed by atoms with Gasteiger partial charge in [-0.2, -0.15) is 0 Å². The number of hydrogen-bond donors (Lipinski definition) is 0. The van der Waals surface area contributed by atoms with Gasteiger partial charge in [-0.25, -0.2) is 0 Å². The summed E-state index contributed by atoms with van der Waals surface area (Å²) >= 11 is 3.71. The van der Waals surface area contributed by atoms with E-state index in [9.17, 15) is 0 Å². The quantitative estimate of drug-likeness (QED) is 0.527. The van der Waals surface area contributed by atoms with Crippen LogP contribution in [0.1, 0.15) is 11.1 Å². The fourth-order valence-corrected chi connectivity index (χ4v) is 4.24. The van der Waals surface area contributed by atoms with E-state index < -0.39 is 0 Å². The van der Waals surface area contributed by atoms with E-state index in [2.05, 4.69) is 62.6 Å². The summed E-state index contributed by atoms with van der Waals surface area (Å²) in [5.41, 5.74) is 4.01. The lowest BCUT2D eigenvalue weighted by Crippen LogP contribution is -1.80. The molecule has 3 rings (SSSR count). The Morgan fingerprint density at radius 2 is 1.63 bits per heavy atom. The smallest absolute Gasteiger partial charge is 0.0366 e. The van der Waals surface area contributed by atoms with Gasteiger partial charge < -0.3 is 0 Å².